The number of oxime groups is 1. The van der Waals surface area contributed by atoms with Crippen molar-refractivity contribution < 1.29 is 23.8 Å². The first-order valence-electron chi connectivity index (χ1n) is 8.64. The second kappa shape index (κ2) is 9.63. The summed E-state index contributed by atoms with van der Waals surface area (Å²) in [5.74, 6) is 0.967. The zero-order valence-electron chi connectivity index (χ0n) is 17.0. The van der Waals surface area contributed by atoms with E-state index in [2.05, 4.69) is 15.6 Å². The Morgan fingerprint density at radius 2 is 1.75 bits per heavy atom. The van der Waals surface area contributed by atoms with Gasteiger partial charge in [0, 0.05) is 23.5 Å². The summed E-state index contributed by atoms with van der Waals surface area (Å²) in [5.41, 5.74) is 3.17. The molecule has 0 radical (unpaired) electrons. The van der Waals surface area contributed by atoms with E-state index in [1.807, 2.05) is 31.5 Å². The van der Waals surface area contributed by atoms with E-state index < -0.39 is 0 Å². The van der Waals surface area contributed by atoms with Crippen LogP contribution in [0.25, 0.3) is 0 Å². The average Bonchev–Trinajstić information content (AvgIpc) is 2.97. The van der Waals surface area contributed by atoms with Crippen LogP contribution in [0, 0.1) is 13.8 Å². The molecule has 0 bridgehead atoms. The Bertz CT molecular complexity index is 835. The largest absolute Gasteiger partial charge is 0.493 e. The third kappa shape index (κ3) is 5.38. The molecule has 0 saturated heterocycles. The first-order valence-corrected chi connectivity index (χ1v) is 8.64. The molecule has 9 heteroatoms. The number of hydrogen-bond donors (Lipinski definition) is 1. The van der Waals surface area contributed by atoms with E-state index in [1.165, 1.54) is 21.3 Å². The highest BCUT2D eigenvalue weighted by molar-refractivity contribution is 5.92. The fourth-order valence-electron chi connectivity index (χ4n) is 2.63. The predicted molar refractivity (Wildman–Crippen MR) is 105 cm³/mol. The standard InChI is InChI=1S/C19H26N4O5/c1-12-7-14(3)23(21-12)10-13(2)22-28-11-18(24)20-15-8-16(25-4)19(27-6)17(9-15)26-5/h7-9H,10-11H2,1-6H3,(H,20,24). The number of anilines is 1. The Morgan fingerprint density at radius 3 is 2.25 bits per heavy atom. The van der Waals surface area contributed by atoms with E-state index >= 15 is 0 Å². The van der Waals surface area contributed by atoms with Gasteiger partial charge in [-0.05, 0) is 26.8 Å². The summed E-state index contributed by atoms with van der Waals surface area (Å²) in [4.78, 5) is 17.3. The van der Waals surface area contributed by atoms with Crippen LogP contribution in [0.5, 0.6) is 17.2 Å². The van der Waals surface area contributed by atoms with Gasteiger partial charge in [-0.25, -0.2) is 0 Å². The number of hydrogen-bond acceptors (Lipinski definition) is 7. The van der Waals surface area contributed by atoms with Crippen LogP contribution in [-0.4, -0.2) is 49.3 Å². The topological polar surface area (TPSA) is 96.2 Å². The molecule has 0 unspecified atom stereocenters. The number of nitrogens with zero attached hydrogens (tertiary/aromatic N) is 3. The van der Waals surface area contributed by atoms with Crippen molar-refractivity contribution in [2.24, 2.45) is 5.16 Å². The molecule has 0 saturated carbocycles. The smallest absolute Gasteiger partial charge is 0.265 e. The summed E-state index contributed by atoms with van der Waals surface area (Å²) in [6.07, 6.45) is 0. The number of benzene rings is 1. The van der Waals surface area contributed by atoms with E-state index in [-0.39, 0.29) is 12.5 Å². The maximum absolute atomic E-state index is 12.1. The van der Waals surface area contributed by atoms with E-state index in [4.69, 9.17) is 19.0 Å². The summed E-state index contributed by atoms with van der Waals surface area (Å²) in [6, 6.07) is 5.26. The monoisotopic (exact) mass is 390 g/mol. The van der Waals surface area contributed by atoms with Crippen LogP contribution in [0.1, 0.15) is 18.3 Å². The predicted octanol–water partition coefficient (Wildman–Crippen LogP) is 2.56. The number of rotatable bonds is 9. The van der Waals surface area contributed by atoms with Gasteiger partial charge in [0.2, 0.25) is 5.75 Å². The van der Waals surface area contributed by atoms with Gasteiger partial charge in [-0.15, -0.1) is 0 Å². The van der Waals surface area contributed by atoms with Crippen LogP contribution < -0.4 is 19.5 Å². The lowest BCUT2D eigenvalue weighted by atomic mass is 10.2. The number of ether oxygens (including phenoxy) is 3. The highest BCUT2D eigenvalue weighted by Gasteiger charge is 2.14. The summed E-state index contributed by atoms with van der Waals surface area (Å²) >= 11 is 0. The Labute approximate surface area is 164 Å². The SMILES string of the molecule is COc1cc(NC(=O)CON=C(C)Cn2nc(C)cc2C)cc(OC)c1OC. The molecule has 9 nitrogen and oxygen atoms in total. The maximum Gasteiger partial charge on any atom is 0.265 e. The van der Waals surface area contributed by atoms with Gasteiger partial charge >= 0.3 is 0 Å². The number of methoxy groups -OCH3 is 3. The lowest BCUT2D eigenvalue weighted by Gasteiger charge is -2.14. The van der Waals surface area contributed by atoms with Crippen molar-refractivity contribution in [1.29, 1.82) is 0 Å². The molecule has 2 rings (SSSR count). The average molecular weight is 390 g/mol. The van der Waals surface area contributed by atoms with E-state index in [0.29, 0.717) is 35.2 Å². The molecule has 1 amide bonds. The van der Waals surface area contributed by atoms with Crippen molar-refractivity contribution in [2.75, 3.05) is 33.3 Å². The van der Waals surface area contributed by atoms with Gasteiger partial charge in [-0.2, -0.15) is 5.10 Å². The number of amides is 1. The highest BCUT2D eigenvalue weighted by Crippen LogP contribution is 2.39. The molecular weight excluding hydrogens is 364 g/mol. The molecule has 1 aromatic carbocycles. The summed E-state index contributed by atoms with van der Waals surface area (Å²) in [6.45, 7) is 5.98. The third-order valence-electron chi connectivity index (χ3n) is 3.85. The minimum absolute atomic E-state index is 0.231. The van der Waals surface area contributed by atoms with Gasteiger partial charge in [0.05, 0.1) is 39.3 Å². The maximum atomic E-state index is 12.1. The molecule has 0 aliphatic heterocycles. The third-order valence-corrected chi connectivity index (χ3v) is 3.85. The minimum Gasteiger partial charge on any atom is -0.493 e. The van der Waals surface area contributed by atoms with Gasteiger partial charge in [-0.3, -0.25) is 9.48 Å². The van der Waals surface area contributed by atoms with Crippen molar-refractivity contribution in [3.8, 4) is 17.2 Å². The van der Waals surface area contributed by atoms with Crippen LogP contribution >= 0.6 is 0 Å². The van der Waals surface area contributed by atoms with Crippen molar-refractivity contribution in [2.45, 2.75) is 27.3 Å². The van der Waals surface area contributed by atoms with Crippen LogP contribution in [0.4, 0.5) is 5.69 Å². The first kappa shape index (κ1) is 21.1. The fourth-order valence-corrected chi connectivity index (χ4v) is 2.63. The van der Waals surface area contributed by atoms with Crippen LogP contribution in [0.2, 0.25) is 0 Å². The van der Waals surface area contributed by atoms with Crippen molar-refractivity contribution in [1.82, 2.24) is 9.78 Å². The van der Waals surface area contributed by atoms with Gasteiger partial charge in [-0.1, -0.05) is 5.16 Å². The van der Waals surface area contributed by atoms with Crippen molar-refractivity contribution >= 4 is 17.3 Å². The van der Waals surface area contributed by atoms with Gasteiger partial charge in [0.25, 0.3) is 5.91 Å². The molecule has 1 aromatic heterocycles. The molecule has 0 atom stereocenters. The lowest BCUT2D eigenvalue weighted by Crippen LogP contribution is -2.18. The normalized spacial score (nSPS) is 11.1. The van der Waals surface area contributed by atoms with Gasteiger partial charge < -0.3 is 24.4 Å². The quantitative estimate of drug-likeness (QED) is 0.522. The van der Waals surface area contributed by atoms with Crippen LogP contribution in [-0.2, 0) is 16.2 Å². The lowest BCUT2D eigenvalue weighted by molar-refractivity contribution is -0.120. The molecule has 0 fully saturated rings. The minimum atomic E-state index is -0.364. The zero-order valence-corrected chi connectivity index (χ0v) is 17.0. The summed E-state index contributed by atoms with van der Waals surface area (Å²) in [5, 5.41) is 11.0. The molecule has 1 N–H and O–H groups in total. The zero-order chi connectivity index (χ0) is 20.7. The molecule has 0 aliphatic rings. The molecule has 0 spiro atoms. The van der Waals surface area contributed by atoms with Crippen molar-refractivity contribution in [3.63, 3.8) is 0 Å². The first-order chi connectivity index (χ1) is 13.4. The van der Waals surface area contributed by atoms with E-state index in [0.717, 1.165) is 11.4 Å². The molecule has 28 heavy (non-hydrogen) atoms. The summed E-state index contributed by atoms with van der Waals surface area (Å²) in [7, 11) is 4.53. The van der Waals surface area contributed by atoms with Crippen molar-refractivity contribution in [3.05, 3.63) is 29.6 Å². The van der Waals surface area contributed by atoms with Gasteiger partial charge in [0.15, 0.2) is 18.1 Å². The Kier molecular flexibility index (Phi) is 7.25. The second-order valence-electron chi connectivity index (χ2n) is 6.15. The molecule has 152 valence electrons. The molecule has 2 aromatic rings. The Morgan fingerprint density at radius 1 is 1.11 bits per heavy atom. The number of carbonyl (C=O) groups is 1. The van der Waals surface area contributed by atoms with E-state index in [1.54, 1.807) is 12.1 Å². The Hall–Kier alpha value is -3.23. The number of aromatic nitrogens is 2. The summed E-state index contributed by atoms with van der Waals surface area (Å²) < 4.78 is 17.6. The van der Waals surface area contributed by atoms with Crippen LogP contribution in [0.15, 0.2) is 23.4 Å². The second-order valence-corrected chi connectivity index (χ2v) is 6.15. The number of aryl methyl sites for hydroxylation is 2. The van der Waals surface area contributed by atoms with E-state index in [9.17, 15) is 4.79 Å². The molecule has 1 heterocycles. The highest BCUT2D eigenvalue weighted by atomic mass is 16.6. The Balaban J connectivity index is 1.94. The number of carbonyl (C=O) groups excluding carboxylic acids is 1. The molecular formula is C19H26N4O5. The van der Waals surface area contributed by atoms with Gasteiger partial charge in [0.1, 0.15) is 0 Å². The fraction of sp³-hybridized carbons (Fsp3) is 0.421. The van der Waals surface area contributed by atoms with Crippen LogP contribution in [0.3, 0.4) is 0 Å². The number of nitrogens with one attached hydrogen (secondary N) is 1. The molecule has 0 aliphatic carbocycles.